The average Bonchev–Trinajstić information content (AvgIpc) is 3.20. The lowest BCUT2D eigenvalue weighted by molar-refractivity contribution is -0.122. The van der Waals surface area contributed by atoms with Gasteiger partial charge in [-0.2, -0.15) is 0 Å². The van der Waals surface area contributed by atoms with Gasteiger partial charge in [-0.25, -0.2) is 0 Å². The Hall–Kier alpha value is -3.71. The molecule has 1 N–H and O–H groups in total. The molecule has 4 rings (SSSR count). The zero-order valence-corrected chi connectivity index (χ0v) is 17.1. The molecule has 1 aromatic heterocycles. The minimum Gasteiger partial charge on any atom is -0.494 e. The van der Waals surface area contributed by atoms with E-state index in [9.17, 15) is 9.59 Å². The van der Waals surface area contributed by atoms with Gasteiger partial charge in [0.1, 0.15) is 11.3 Å². The summed E-state index contributed by atoms with van der Waals surface area (Å²) in [4.78, 5) is 27.1. The highest BCUT2D eigenvalue weighted by Gasteiger charge is 2.34. The van der Waals surface area contributed by atoms with E-state index >= 15 is 0 Å². The van der Waals surface area contributed by atoms with E-state index in [2.05, 4.69) is 5.32 Å². The summed E-state index contributed by atoms with van der Waals surface area (Å²) in [7, 11) is 0. The summed E-state index contributed by atoms with van der Waals surface area (Å²) in [6.07, 6.45) is 3.45. The summed E-state index contributed by atoms with van der Waals surface area (Å²) in [5.41, 5.74) is 2.16. The van der Waals surface area contributed by atoms with Crippen molar-refractivity contribution >= 4 is 40.9 Å². The topological polar surface area (TPSA) is 63.6 Å². The van der Waals surface area contributed by atoms with Gasteiger partial charge in [0.25, 0.3) is 11.8 Å². The maximum Gasteiger partial charge on any atom is 0.270 e. The lowest BCUT2D eigenvalue weighted by Crippen LogP contribution is -2.54. The molecular weight excluding hydrogens is 398 g/mol. The highest BCUT2D eigenvalue weighted by atomic mass is 32.1. The predicted molar refractivity (Wildman–Crippen MR) is 120 cm³/mol. The Bertz CT molecular complexity index is 1150. The third kappa shape index (κ3) is 3.75. The molecule has 1 aliphatic rings. The summed E-state index contributed by atoms with van der Waals surface area (Å²) in [5, 5.41) is 2.65. The number of para-hydroxylation sites is 1. The third-order valence-electron chi connectivity index (χ3n) is 4.60. The smallest absolute Gasteiger partial charge is 0.270 e. The van der Waals surface area contributed by atoms with Crippen LogP contribution < -0.4 is 15.0 Å². The molecule has 1 aliphatic heterocycles. The number of carbonyl (C=O) groups is 2. The van der Waals surface area contributed by atoms with Gasteiger partial charge in [-0.3, -0.25) is 19.8 Å². The second-order valence-corrected chi connectivity index (χ2v) is 6.91. The summed E-state index contributed by atoms with van der Waals surface area (Å²) in [6, 6.07) is 20.4. The molecule has 0 unspecified atom stereocenters. The first kappa shape index (κ1) is 19.6. The zero-order valence-electron chi connectivity index (χ0n) is 16.2. The SMILES string of the molecule is CCOc1cccc(N2C(=O)/C(=C/c3cccn3-c3ccccc3)C(=O)NC2=S)c1. The average molecular weight is 417 g/mol. The van der Waals surface area contributed by atoms with Gasteiger partial charge in [-0.05, 0) is 61.6 Å². The number of ether oxygens (including phenoxy) is 1. The fraction of sp³-hybridized carbons (Fsp3) is 0.0870. The Morgan fingerprint density at radius 3 is 2.53 bits per heavy atom. The summed E-state index contributed by atoms with van der Waals surface area (Å²) in [5.74, 6) is -0.396. The molecule has 2 amide bonds. The number of nitrogens with zero attached hydrogens (tertiary/aromatic N) is 2. The molecule has 1 fully saturated rings. The van der Waals surface area contributed by atoms with E-state index in [1.807, 2.05) is 60.2 Å². The van der Waals surface area contributed by atoms with Crippen LogP contribution >= 0.6 is 12.2 Å². The highest BCUT2D eigenvalue weighted by Crippen LogP contribution is 2.26. The maximum atomic E-state index is 13.2. The van der Waals surface area contributed by atoms with Crippen LogP contribution in [0, 0.1) is 0 Å². The second-order valence-electron chi connectivity index (χ2n) is 6.53. The maximum absolute atomic E-state index is 13.2. The van der Waals surface area contributed by atoms with Gasteiger partial charge in [0.2, 0.25) is 0 Å². The van der Waals surface area contributed by atoms with Crippen molar-refractivity contribution < 1.29 is 14.3 Å². The van der Waals surface area contributed by atoms with Crippen LogP contribution in [0.15, 0.2) is 78.5 Å². The molecule has 6 nitrogen and oxygen atoms in total. The number of amides is 2. The van der Waals surface area contributed by atoms with Crippen molar-refractivity contribution in [3.63, 3.8) is 0 Å². The molecule has 2 aromatic carbocycles. The standard InChI is InChI=1S/C23H19N3O3S/c1-2-29-19-12-6-10-18(14-19)26-22(28)20(21(27)24-23(26)30)15-17-11-7-13-25(17)16-8-4-3-5-9-16/h3-15H,2H2,1H3,(H,24,27,30)/b20-15+. The number of nitrogens with one attached hydrogen (secondary N) is 1. The Balaban J connectivity index is 1.72. The number of rotatable bonds is 5. The normalized spacial score (nSPS) is 15.4. The van der Waals surface area contributed by atoms with Crippen molar-refractivity contribution in [2.75, 3.05) is 11.5 Å². The van der Waals surface area contributed by atoms with Gasteiger partial charge in [0.05, 0.1) is 12.3 Å². The molecule has 0 bridgehead atoms. The van der Waals surface area contributed by atoms with E-state index in [1.54, 1.807) is 30.3 Å². The Kier molecular flexibility index (Phi) is 5.45. The van der Waals surface area contributed by atoms with Gasteiger partial charge in [-0.15, -0.1) is 0 Å². The lowest BCUT2D eigenvalue weighted by Gasteiger charge is -2.29. The molecule has 0 atom stereocenters. The zero-order chi connectivity index (χ0) is 21.1. The second kappa shape index (κ2) is 8.34. The van der Waals surface area contributed by atoms with Crippen molar-refractivity contribution in [1.82, 2.24) is 9.88 Å². The molecule has 150 valence electrons. The van der Waals surface area contributed by atoms with Crippen LogP contribution in [0.25, 0.3) is 11.8 Å². The lowest BCUT2D eigenvalue weighted by atomic mass is 10.1. The first-order valence-electron chi connectivity index (χ1n) is 9.45. The minimum absolute atomic E-state index is 0.00120. The van der Waals surface area contributed by atoms with Crippen LogP contribution in [0.4, 0.5) is 5.69 Å². The van der Waals surface area contributed by atoms with Crippen LogP contribution in [0.1, 0.15) is 12.6 Å². The Labute approximate surface area is 179 Å². The molecule has 30 heavy (non-hydrogen) atoms. The number of thiocarbonyl (C=S) groups is 1. The van der Waals surface area contributed by atoms with Gasteiger partial charge in [-0.1, -0.05) is 24.3 Å². The molecule has 0 spiro atoms. The molecule has 7 heteroatoms. The largest absolute Gasteiger partial charge is 0.494 e. The van der Waals surface area contributed by atoms with Crippen LogP contribution in [0.5, 0.6) is 5.75 Å². The van der Waals surface area contributed by atoms with Gasteiger partial charge < -0.3 is 9.30 Å². The summed E-state index contributed by atoms with van der Waals surface area (Å²) in [6.45, 7) is 2.38. The van der Waals surface area contributed by atoms with E-state index < -0.39 is 11.8 Å². The van der Waals surface area contributed by atoms with Crippen molar-refractivity contribution in [3.05, 3.63) is 84.2 Å². The molecule has 1 saturated heterocycles. The highest BCUT2D eigenvalue weighted by molar-refractivity contribution is 7.80. The van der Waals surface area contributed by atoms with Crippen LogP contribution in [0.2, 0.25) is 0 Å². The molecule has 0 radical (unpaired) electrons. The minimum atomic E-state index is -0.525. The first-order valence-corrected chi connectivity index (χ1v) is 9.86. The van der Waals surface area contributed by atoms with Gasteiger partial charge >= 0.3 is 0 Å². The summed E-state index contributed by atoms with van der Waals surface area (Å²) < 4.78 is 7.42. The summed E-state index contributed by atoms with van der Waals surface area (Å²) >= 11 is 5.27. The van der Waals surface area contributed by atoms with Crippen LogP contribution in [0.3, 0.4) is 0 Å². The molecule has 0 saturated carbocycles. The van der Waals surface area contributed by atoms with Crippen LogP contribution in [-0.2, 0) is 9.59 Å². The quantitative estimate of drug-likeness (QED) is 0.391. The fourth-order valence-corrected chi connectivity index (χ4v) is 3.54. The predicted octanol–water partition coefficient (Wildman–Crippen LogP) is 3.71. The number of benzene rings is 2. The van der Waals surface area contributed by atoms with Crippen molar-refractivity contribution in [1.29, 1.82) is 0 Å². The monoisotopic (exact) mass is 417 g/mol. The third-order valence-corrected chi connectivity index (χ3v) is 4.88. The number of carbonyl (C=O) groups excluding carboxylic acids is 2. The number of aromatic nitrogens is 1. The Morgan fingerprint density at radius 2 is 1.77 bits per heavy atom. The van der Waals surface area contributed by atoms with E-state index in [0.29, 0.717) is 23.7 Å². The van der Waals surface area contributed by atoms with E-state index in [4.69, 9.17) is 17.0 Å². The molecule has 2 heterocycles. The number of anilines is 1. The van der Waals surface area contributed by atoms with E-state index in [0.717, 1.165) is 5.69 Å². The molecule has 0 aliphatic carbocycles. The van der Waals surface area contributed by atoms with Gasteiger partial charge in [0.15, 0.2) is 5.11 Å². The molecule has 3 aromatic rings. The van der Waals surface area contributed by atoms with Gasteiger partial charge in [0, 0.05) is 23.6 Å². The van der Waals surface area contributed by atoms with Crippen molar-refractivity contribution in [2.24, 2.45) is 0 Å². The van der Waals surface area contributed by atoms with Crippen LogP contribution in [-0.4, -0.2) is 28.1 Å². The fourth-order valence-electron chi connectivity index (χ4n) is 3.25. The van der Waals surface area contributed by atoms with Crippen molar-refractivity contribution in [3.8, 4) is 11.4 Å². The van der Waals surface area contributed by atoms with Crippen molar-refractivity contribution in [2.45, 2.75) is 6.92 Å². The Morgan fingerprint density at radius 1 is 1.00 bits per heavy atom. The first-order chi connectivity index (χ1) is 14.6. The van der Waals surface area contributed by atoms with E-state index in [-0.39, 0.29) is 10.7 Å². The van der Waals surface area contributed by atoms with E-state index in [1.165, 1.54) is 4.90 Å². The number of hydrogen-bond donors (Lipinski definition) is 1. The number of hydrogen-bond acceptors (Lipinski definition) is 4. The molecular formula is C23H19N3O3S.